The van der Waals surface area contributed by atoms with Gasteiger partial charge in [0.2, 0.25) is 0 Å². The van der Waals surface area contributed by atoms with Crippen molar-refractivity contribution in [3.8, 4) is 0 Å². The minimum Gasteiger partial charge on any atom is -0.394 e. The first-order valence-corrected chi connectivity index (χ1v) is 9.30. The molecule has 32 heavy (non-hydrogen) atoms. The van der Waals surface area contributed by atoms with E-state index in [0.29, 0.717) is 5.56 Å². The molecule has 5 N–H and O–H groups in total. The molecule has 2 aromatic carbocycles. The van der Waals surface area contributed by atoms with Crippen LogP contribution in [0.25, 0.3) is 0 Å². The lowest BCUT2D eigenvalue weighted by molar-refractivity contribution is -0.0295. The highest BCUT2D eigenvalue weighted by Gasteiger charge is 2.23. The number of carbonyl (C=O) groups is 1. The van der Waals surface area contributed by atoms with Gasteiger partial charge < -0.3 is 25.5 Å². The SMILES string of the molecule is Cc1ccc(Nc2c(C(=O)NOCC(O)CO)cc(/C=N/OCCO)c(F)c2F)c(F)c1. The zero-order valence-electron chi connectivity index (χ0n) is 16.9. The number of halogens is 3. The first-order chi connectivity index (χ1) is 15.3. The zero-order valence-corrected chi connectivity index (χ0v) is 16.9. The monoisotopic (exact) mass is 457 g/mol. The number of hydroxylamine groups is 1. The Morgan fingerprint density at radius 1 is 1.22 bits per heavy atom. The van der Waals surface area contributed by atoms with E-state index in [1.165, 1.54) is 12.1 Å². The number of nitrogens with one attached hydrogen (secondary N) is 2. The number of carbonyl (C=O) groups excluding carboxylic acids is 1. The van der Waals surface area contributed by atoms with Gasteiger partial charge in [-0.3, -0.25) is 9.63 Å². The second-order valence-electron chi connectivity index (χ2n) is 6.49. The number of aliphatic hydroxyl groups excluding tert-OH is 3. The molecular weight excluding hydrogens is 435 g/mol. The molecule has 12 heteroatoms. The predicted octanol–water partition coefficient (Wildman–Crippen LogP) is 1.51. The fraction of sp³-hybridized carbons (Fsp3) is 0.300. The number of aliphatic hydroxyl groups is 3. The van der Waals surface area contributed by atoms with Crippen molar-refractivity contribution in [1.29, 1.82) is 0 Å². The lowest BCUT2D eigenvalue weighted by Crippen LogP contribution is -2.30. The highest BCUT2D eigenvalue weighted by molar-refractivity contribution is 6.01. The van der Waals surface area contributed by atoms with Gasteiger partial charge in [-0.05, 0) is 30.7 Å². The summed E-state index contributed by atoms with van der Waals surface area (Å²) < 4.78 is 43.7. The molecule has 0 radical (unpaired) electrons. The summed E-state index contributed by atoms with van der Waals surface area (Å²) >= 11 is 0. The Bertz CT molecular complexity index is 974. The van der Waals surface area contributed by atoms with Crippen LogP contribution in [0.15, 0.2) is 29.4 Å². The van der Waals surface area contributed by atoms with Gasteiger partial charge in [0.15, 0.2) is 11.6 Å². The summed E-state index contributed by atoms with van der Waals surface area (Å²) in [5.41, 5.74) is 0.658. The molecule has 0 saturated heterocycles. The van der Waals surface area contributed by atoms with Gasteiger partial charge in [0, 0.05) is 5.56 Å². The minimum absolute atomic E-state index is 0.193. The molecule has 1 unspecified atom stereocenters. The highest BCUT2D eigenvalue weighted by atomic mass is 19.2. The van der Waals surface area contributed by atoms with Gasteiger partial charge in [-0.2, -0.15) is 0 Å². The third kappa shape index (κ3) is 6.65. The van der Waals surface area contributed by atoms with Crippen LogP contribution in [0.3, 0.4) is 0 Å². The standard InChI is InChI=1S/C20H22F3N3O6/c1-11-2-3-16(15(21)6-11)25-19-14(20(30)26-32-10-13(29)9-28)7-12(17(22)18(19)23)8-24-31-5-4-27/h2-3,6-8,13,25,27-29H,4-5,9-10H2,1H3,(H,26,30)/b24-8+. The maximum atomic E-state index is 14.9. The summed E-state index contributed by atoms with van der Waals surface area (Å²) in [5.74, 6) is -4.72. The number of aryl methyl sites for hydroxylation is 1. The van der Waals surface area contributed by atoms with Gasteiger partial charge >= 0.3 is 0 Å². The Labute approximate surface area is 181 Å². The summed E-state index contributed by atoms with van der Waals surface area (Å²) in [5, 5.41) is 32.4. The Balaban J connectivity index is 2.43. The fourth-order valence-electron chi connectivity index (χ4n) is 2.40. The van der Waals surface area contributed by atoms with E-state index in [2.05, 4.69) is 15.3 Å². The first kappa shape index (κ1) is 25.1. The van der Waals surface area contributed by atoms with Gasteiger partial charge in [-0.15, -0.1) is 0 Å². The summed E-state index contributed by atoms with van der Waals surface area (Å²) in [4.78, 5) is 21.9. The lowest BCUT2D eigenvalue weighted by Gasteiger charge is -2.16. The molecule has 9 nitrogen and oxygen atoms in total. The van der Waals surface area contributed by atoms with Crippen molar-refractivity contribution in [2.75, 3.05) is 31.7 Å². The van der Waals surface area contributed by atoms with E-state index in [1.807, 2.05) is 5.48 Å². The number of rotatable bonds is 11. The highest BCUT2D eigenvalue weighted by Crippen LogP contribution is 2.30. The molecule has 0 saturated carbocycles. The largest absolute Gasteiger partial charge is 0.394 e. The van der Waals surface area contributed by atoms with Crippen LogP contribution in [0, 0.1) is 24.4 Å². The summed E-state index contributed by atoms with van der Waals surface area (Å²) in [6.07, 6.45) is -0.497. The maximum Gasteiger partial charge on any atom is 0.277 e. The molecule has 0 aliphatic carbocycles. The molecule has 0 spiro atoms. The van der Waals surface area contributed by atoms with E-state index in [-0.39, 0.29) is 18.9 Å². The van der Waals surface area contributed by atoms with Crippen molar-refractivity contribution in [1.82, 2.24) is 5.48 Å². The van der Waals surface area contributed by atoms with Crippen LogP contribution in [0.1, 0.15) is 21.5 Å². The number of hydrogen-bond acceptors (Lipinski definition) is 8. The molecule has 0 bridgehead atoms. The average Bonchev–Trinajstić information content (AvgIpc) is 2.76. The minimum atomic E-state index is -1.50. The summed E-state index contributed by atoms with van der Waals surface area (Å²) in [6.45, 7) is -0.0259. The normalized spacial score (nSPS) is 12.1. The Kier molecular flexibility index (Phi) is 9.40. The van der Waals surface area contributed by atoms with E-state index in [4.69, 9.17) is 15.1 Å². The number of oxime groups is 1. The lowest BCUT2D eigenvalue weighted by atomic mass is 10.1. The second kappa shape index (κ2) is 12.0. The van der Waals surface area contributed by atoms with Crippen molar-refractivity contribution < 1.29 is 43.0 Å². The van der Waals surface area contributed by atoms with Gasteiger partial charge in [-0.25, -0.2) is 18.7 Å². The molecule has 0 aliphatic heterocycles. The van der Waals surface area contributed by atoms with Crippen molar-refractivity contribution in [3.05, 3.63) is 58.4 Å². The molecular formula is C20H22F3N3O6. The average molecular weight is 457 g/mol. The number of benzene rings is 2. The van der Waals surface area contributed by atoms with Crippen LogP contribution in [0.2, 0.25) is 0 Å². The van der Waals surface area contributed by atoms with E-state index in [0.717, 1.165) is 18.3 Å². The topological polar surface area (TPSA) is 133 Å². The van der Waals surface area contributed by atoms with Crippen molar-refractivity contribution >= 4 is 23.5 Å². The molecule has 0 aliphatic rings. The number of amides is 1. The molecule has 0 fully saturated rings. The molecule has 2 rings (SSSR count). The Hall–Kier alpha value is -3.19. The van der Waals surface area contributed by atoms with Crippen molar-refractivity contribution in [3.63, 3.8) is 0 Å². The van der Waals surface area contributed by atoms with Crippen LogP contribution < -0.4 is 10.8 Å². The van der Waals surface area contributed by atoms with E-state index in [9.17, 15) is 23.1 Å². The van der Waals surface area contributed by atoms with Crippen LogP contribution >= 0.6 is 0 Å². The van der Waals surface area contributed by atoms with Crippen LogP contribution in [-0.2, 0) is 9.68 Å². The first-order valence-electron chi connectivity index (χ1n) is 9.30. The molecule has 1 amide bonds. The quantitative estimate of drug-likeness (QED) is 0.196. The summed E-state index contributed by atoms with van der Waals surface area (Å²) in [6, 6.07) is 4.89. The third-order valence-corrected chi connectivity index (χ3v) is 3.96. The Morgan fingerprint density at radius 3 is 2.62 bits per heavy atom. The second-order valence-corrected chi connectivity index (χ2v) is 6.49. The molecule has 2 aromatic rings. The van der Waals surface area contributed by atoms with E-state index >= 15 is 0 Å². The summed E-state index contributed by atoms with van der Waals surface area (Å²) in [7, 11) is 0. The van der Waals surface area contributed by atoms with E-state index < -0.39 is 59.5 Å². The van der Waals surface area contributed by atoms with Gasteiger partial charge in [0.05, 0.1) is 36.4 Å². The fourth-order valence-corrected chi connectivity index (χ4v) is 2.40. The molecule has 174 valence electrons. The molecule has 0 aromatic heterocycles. The number of nitrogens with zero attached hydrogens (tertiary/aromatic N) is 1. The number of anilines is 2. The van der Waals surface area contributed by atoms with Crippen LogP contribution in [-0.4, -0.2) is 60.0 Å². The van der Waals surface area contributed by atoms with Gasteiger partial charge in [0.1, 0.15) is 25.1 Å². The van der Waals surface area contributed by atoms with Gasteiger partial charge in [-0.1, -0.05) is 11.2 Å². The molecule has 1 atom stereocenters. The zero-order chi connectivity index (χ0) is 23.7. The predicted molar refractivity (Wildman–Crippen MR) is 108 cm³/mol. The van der Waals surface area contributed by atoms with Crippen molar-refractivity contribution in [2.45, 2.75) is 13.0 Å². The maximum absolute atomic E-state index is 14.9. The van der Waals surface area contributed by atoms with Crippen molar-refractivity contribution in [2.24, 2.45) is 5.16 Å². The smallest absolute Gasteiger partial charge is 0.277 e. The van der Waals surface area contributed by atoms with Gasteiger partial charge in [0.25, 0.3) is 5.91 Å². The third-order valence-electron chi connectivity index (χ3n) is 3.96. The number of hydrogen-bond donors (Lipinski definition) is 5. The molecule has 0 heterocycles. The van der Waals surface area contributed by atoms with Crippen LogP contribution in [0.4, 0.5) is 24.5 Å². The van der Waals surface area contributed by atoms with Crippen LogP contribution in [0.5, 0.6) is 0 Å². The van der Waals surface area contributed by atoms with E-state index in [1.54, 1.807) is 6.92 Å². The Morgan fingerprint density at radius 2 is 1.97 bits per heavy atom.